The van der Waals surface area contributed by atoms with Crippen LogP contribution in [-0.2, 0) is 14.8 Å². The van der Waals surface area contributed by atoms with Crippen LogP contribution in [0.1, 0.15) is 24.9 Å². The quantitative estimate of drug-likeness (QED) is 0.460. The zero-order valence-electron chi connectivity index (χ0n) is 18.2. The van der Waals surface area contributed by atoms with Gasteiger partial charge in [0.2, 0.25) is 5.91 Å². The van der Waals surface area contributed by atoms with E-state index in [2.05, 4.69) is 5.32 Å². The normalized spacial score (nSPS) is 12.1. The number of sulfonamides is 1. The van der Waals surface area contributed by atoms with Crippen molar-refractivity contribution in [2.75, 3.05) is 18.0 Å². The molecule has 6 nitrogen and oxygen atoms in total. The Balaban J connectivity index is 1.90. The average Bonchev–Trinajstić information content (AvgIpc) is 2.83. The fraction of sp³-hybridized carbons (Fsp3) is 0.208. The van der Waals surface area contributed by atoms with Crippen LogP contribution >= 0.6 is 11.6 Å². The van der Waals surface area contributed by atoms with E-state index in [1.807, 2.05) is 19.1 Å². The van der Waals surface area contributed by atoms with E-state index in [9.17, 15) is 17.6 Å². The minimum atomic E-state index is -4.12. The third-order valence-electron chi connectivity index (χ3n) is 5.07. The van der Waals surface area contributed by atoms with Crippen molar-refractivity contribution in [1.82, 2.24) is 5.32 Å². The van der Waals surface area contributed by atoms with E-state index in [-0.39, 0.29) is 21.6 Å². The largest absolute Gasteiger partial charge is 0.497 e. The van der Waals surface area contributed by atoms with Crippen LogP contribution in [0.2, 0.25) is 5.02 Å². The molecular weight excluding hydrogens is 467 g/mol. The van der Waals surface area contributed by atoms with E-state index in [1.165, 1.54) is 24.3 Å². The molecule has 33 heavy (non-hydrogen) atoms. The zero-order chi connectivity index (χ0) is 24.0. The van der Waals surface area contributed by atoms with Crippen molar-refractivity contribution in [2.45, 2.75) is 24.3 Å². The molecule has 0 spiro atoms. The highest BCUT2D eigenvalue weighted by molar-refractivity contribution is 7.92. The first-order chi connectivity index (χ1) is 15.8. The summed E-state index contributed by atoms with van der Waals surface area (Å²) >= 11 is 5.89. The molecule has 0 aliphatic carbocycles. The highest BCUT2D eigenvalue weighted by Crippen LogP contribution is 2.28. The molecule has 9 heteroatoms. The lowest BCUT2D eigenvalue weighted by Gasteiger charge is -2.26. The number of hydrogen-bond donors (Lipinski definition) is 1. The number of halogens is 2. The maximum Gasteiger partial charge on any atom is 0.264 e. The van der Waals surface area contributed by atoms with Gasteiger partial charge in [-0.25, -0.2) is 12.8 Å². The molecule has 3 rings (SSSR count). The summed E-state index contributed by atoms with van der Waals surface area (Å²) in [5.41, 5.74) is 0.937. The molecule has 1 atom stereocenters. The van der Waals surface area contributed by atoms with E-state index in [0.29, 0.717) is 12.2 Å². The van der Waals surface area contributed by atoms with Gasteiger partial charge in [0.1, 0.15) is 18.1 Å². The third-order valence-corrected chi connectivity index (χ3v) is 7.15. The van der Waals surface area contributed by atoms with Gasteiger partial charge >= 0.3 is 0 Å². The van der Waals surface area contributed by atoms with Crippen LogP contribution < -0.4 is 14.4 Å². The maximum atomic E-state index is 13.7. The standard InChI is InChI=1S/C24H24ClFN2O4S/c1-3-23(17-9-12-19(32-2)13-10-17)27-24(29)16-28(18-11-14-22(26)21(25)15-18)33(30,31)20-7-5-4-6-8-20/h4-15,23H,3,16H2,1-2H3,(H,27,29). The Morgan fingerprint density at radius 1 is 1.09 bits per heavy atom. The topological polar surface area (TPSA) is 75.7 Å². The number of anilines is 1. The fourth-order valence-electron chi connectivity index (χ4n) is 3.30. The van der Waals surface area contributed by atoms with Gasteiger partial charge in [0.05, 0.1) is 28.8 Å². The number of carbonyl (C=O) groups is 1. The Hall–Kier alpha value is -3.10. The molecule has 0 fully saturated rings. The summed E-state index contributed by atoms with van der Waals surface area (Å²) in [5.74, 6) is -0.515. The van der Waals surface area contributed by atoms with Crippen molar-refractivity contribution in [2.24, 2.45) is 0 Å². The van der Waals surface area contributed by atoms with Crippen LogP contribution in [-0.4, -0.2) is 28.0 Å². The minimum Gasteiger partial charge on any atom is -0.497 e. The van der Waals surface area contributed by atoms with Crippen LogP contribution in [0.3, 0.4) is 0 Å². The second-order valence-corrected chi connectivity index (χ2v) is 9.49. The molecule has 174 valence electrons. The molecule has 0 saturated heterocycles. The number of methoxy groups -OCH3 is 1. The van der Waals surface area contributed by atoms with Crippen LogP contribution in [0.25, 0.3) is 0 Å². The SMILES string of the molecule is CCC(NC(=O)CN(c1ccc(F)c(Cl)c1)S(=O)(=O)c1ccccc1)c1ccc(OC)cc1. The molecular formula is C24H24ClFN2O4S. The number of ether oxygens (including phenoxy) is 1. The van der Waals surface area contributed by atoms with Crippen molar-refractivity contribution in [3.63, 3.8) is 0 Å². The Labute approximate surface area is 198 Å². The Morgan fingerprint density at radius 2 is 1.76 bits per heavy atom. The number of amides is 1. The van der Waals surface area contributed by atoms with E-state index >= 15 is 0 Å². The average molecular weight is 491 g/mol. The second kappa shape index (κ2) is 10.7. The van der Waals surface area contributed by atoms with Gasteiger partial charge in [-0.2, -0.15) is 0 Å². The molecule has 0 aliphatic heterocycles. The van der Waals surface area contributed by atoms with Crippen molar-refractivity contribution < 1.29 is 22.3 Å². The number of benzene rings is 3. The molecule has 0 aromatic heterocycles. The molecule has 1 unspecified atom stereocenters. The van der Waals surface area contributed by atoms with Gasteiger partial charge in [-0.15, -0.1) is 0 Å². The van der Waals surface area contributed by atoms with Gasteiger partial charge < -0.3 is 10.1 Å². The van der Waals surface area contributed by atoms with Crippen molar-refractivity contribution >= 4 is 33.2 Å². The predicted octanol–water partition coefficient (Wildman–Crippen LogP) is 4.95. The van der Waals surface area contributed by atoms with Gasteiger partial charge in [-0.3, -0.25) is 9.10 Å². The fourth-order valence-corrected chi connectivity index (χ4v) is 4.91. The van der Waals surface area contributed by atoms with E-state index in [0.717, 1.165) is 15.9 Å². The summed E-state index contributed by atoms with van der Waals surface area (Å²) in [6, 6.07) is 18.2. The Morgan fingerprint density at radius 3 is 2.33 bits per heavy atom. The number of nitrogens with one attached hydrogen (secondary N) is 1. The molecule has 3 aromatic carbocycles. The lowest BCUT2D eigenvalue weighted by Crippen LogP contribution is -2.42. The zero-order valence-corrected chi connectivity index (χ0v) is 19.7. The van der Waals surface area contributed by atoms with Gasteiger partial charge in [0.25, 0.3) is 10.0 Å². The first kappa shape index (κ1) is 24.5. The van der Waals surface area contributed by atoms with Crippen molar-refractivity contribution in [1.29, 1.82) is 0 Å². The molecule has 3 aromatic rings. The molecule has 0 radical (unpaired) electrons. The Bertz CT molecular complexity index is 1200. The summed E-state index contributed by atoms with van der Waals surface area (Å²) in [7, 11) is -2.55. The lowest BCUT2D eigenvalue weighted by atomic mass is 10.0. The number of carbonyl (C=O) groups excluding carboxylic acids is 1. The highest BCUT2D eigenvalue weighted by Gasteiger charge is 2.28. The first-order valence-corrected chi connectivity index (χ1v) is 12.0. The number of nitrogens with zero attached hydrogens (tertiary/aromatic N) is 1. The van der Waals surface area contributed by atoms with Crippen molar-refractivity contribution in [3.05, 3.63) is 89.2 Å². The summed E-state index contributed by atoms with van der Waals surface area (Å²) in [6.07, 6.45) is 0.589. The number of hydrogen-bond acceptors (Lipinski definition) is 4. The summed E-state index contributed by atoms with van der Waals surface area (Å²) < 4.78 is 46.5. The molecule has 0 saturated carbocycles. The highest BCUT2D eigenvalue weighted by atomic mass is 35.5. The van der Waals surface area contributed by atoms with Gasteiger partial charge in [0, 0.05) is 0 Å². The van der Waals surface area contributed by atoms with Gasteiger partial charge in [0.15, 0.2) is 0 Å². The summed E-state index contributed by atoms with van der Waals surface area (Å²) in [5, 5.41) is 2.63. The third kappa shape index (κ3) is 5.83. The van der Waals surface area contributed by atoms with Gasteiger partial charge in [-0.05, 0) is 54.4 Å². The number of rotatable bonds is 9. The van der Waals surface area contributed by atoms with Crippen LogP contribution in [0.5, 0.6) is 5.75 Å². The smallest absolute Gasteiger partial charge is 0.264 e. The summed E-state index contributed by atoms with van der Waals surface area (Å²) in [6.45, 7) is 1.40. The molecule has 1 N–H and O–H groups in total. The van der Waals surface area contributed by atoms with E-state index in [4.69, 9.17) is 16.3 Å². The van der Waals surface area contributed by atoms with Gasteiger partial charge in [-0.1, -0.05) is 48.9 Å². The Kier molecular flexibility index (Phi) is 7.94. The van der Waals surface area contributed by atoms with E-state index in [1.54, 1.807) is 37.4 Å². The van der Waals surface area contributed by atoms with Crippen LogP contribution in [0.15, 0.2) is 77.7 Å². The molecule has 0 aliphatic rings. The van der Waals surface area contributed by atoms with E-state index < -0.39 is 28.3 Å². The minimum absolute atomic E-state index is 0.000411. The molecule has 1 amide bonds. The maximum absolute atomic E-state index is 13.7. The predicted molar refractivity (Wildman–Crippen MR) is 127 cm³/mol. The monoisotopic (exact) mass is 490 g/mol. The summed E-state index contributed by atoms with van der Waals surface area (Å²) in [4.78, 5) is 13.0. The van der Waals surface area contributed by atoms with Crippen LogP contribution in [0.4, 0.5) is 10.1 Å². The first-order valence-electron chi connectivity index (χ1n) is 10.2. The lowest BCUT2D eigenvalue weighted by molar-refractivity contribution is -0.120. The molecule has 0 heterocycles. The van der Waals surface area contributed by atoms with Crippen molar-refractivity contribution in [3.8, 4) is 5.75 Å². The van der Waals surface area contributed by atoms with Crippen LogP contribution in [0, 0.1) is 5.82 Å². The molecule has 0 bridgehead atoms. The second-order valence-electron chi connectivity index (χ2n) is 7.22.